The third-order valence-corrected chi connectivity index (χ3v) is 4.38. The second-order valence-electron chi connectivity index (χ2n) is 5.45. The maximum absolute atomic E-state index is 6.34. The van der Waals surface area contributed by atoms with E-state index >= 15 is 0 Å². The quantitative estimate of drug-likeness (QED) is 0.678. The van der Waals surface area contributed by atoms with Gasteiger partial charge in [-0.05, 0) is 30.1 Å². The highest BCUT2D eigenvalue weighted by atomic mass is 14.7. The molecule has 1 heteroatoms. The van der Waals surface area contributed by atoms with E-state index in [1.807, 2.05) is 0 Å². The molecule has 0 heterocycles. The summed E-state index contributed by atoms with van der Waals surface area (Å²) in [5.41, 5.74) is 6.34. The van der Waals surface area contributed by atoms with Crippen LogP contribution in [-0.4, -0.2) is 6.04 Å². The van der Waals surface area contributed by atoms with Gasteiger partial charge in [0.2, 0.25) is 0 Å². The Morgan fingerprint density at radius 1 is 0.867 bits per heavy atom. The van der Waals surface area contributed by atoms with E-state index in [1.54, 1.807) is 0 Å². The fraction of sp³-hybridized carbons (Fsp3) is 1.00. The van der Waals surface area contributed by atoms with Crippen molar-refractivity contribution in [3.05, 3.63) is 0 Å². The molecule has 0 aliphatic carbocycles. The van der Waals surface area contributed by atoms with Crippen molar-refractivity contribution < 1.29 is 0 Å². The fourth-order valence-electron chi connectivity index (χ4n) is 2.41. The minimum absolute atomic E-state index is 0.369. The van der Waals surface area contributed by atoms with Crippen LogP contribution in [0.5, 0.6) is 0 Å². The summed E-state index contributed by atoms with van der Waals surface area (Å²) in [6.45, 7) is 13.8. The highest BCUT2D eigenvalue weighted by molar-refractivity contribution is 4.80. The Labute approximate surface area is 96.8 Å². The van der Waals surface area contributed by atoms with Gasteiger partial charge in [0.15, 0.2) is 0 Å². The Bertz CT molecular complexity index is 155. The standard InChI is InChI=1S/C14H31N/c1-7-9-11(4)14(15)13(6)12(5)10(3)8-2/h10-14H,7-9,15H2,1-6H3. The molecular weight excluding hydrogens is 182 g/mol. The van der Waals surface area contributed by atoms with Crippen LogP contribution in [0, 0.1) is 23.7 Å². The van der Waals surface area contributed by atoms with Crippen LogP contribution >= 0.6 is 0 Å². The molecule has 0 saturated heterocycles. The zero-order valence-electron chi connectivity index (χ0n) is 11.6. The third kappa shape index (κ3) is 4.55. The van der Waals surface area contributed by atoms with Crippen LogP contribution in [0.1, 0.15) is 60.8 Å². The summed E-state index contributed by atoms with van der Waals surface area (Å²) in [5.74, 6) is 2.84. The van der Waals surface area contributed by atoms with Gasteiger partial charge in [0, 0.05) is 6.04 Å². The molecule has 0 rings (SSSR count). The van der Waals surface area contributed by atoms with Crippen LogP contribution in [0.15, 0.2) is 0 Å². The fourth-order valence-corrected chi connectivity index (χ4v) is 2.41. The first-order valence-corrected chi connectivity index (χ1v) is 6.71. The highest BCUT2D eigenvalue weighted by Crippen LogP contribution is 2.28. The number of rotatable bonds is 7. The highest BCUT2D eigenvalue weighted by Gasteiger charge is 2.26. The van der Waals surface area contributed by atoms with E-state index in [0.29, 0.717) is 17.9 Å². The van der Waals surface area contributed by atoms with Gasteiger partial charge in [-0.1, -0.05) is 54.4 Å². The van der Waals surface area contributed by atoms with Crippen LogP contribution in [-0.2, 0) is 0 Å². The van der Waals surface area contributed by atoms with Gasteiger partial charge >= 0.3 is 0 Å². The van der Waals surface area contributed by atoms with Gasteiger partial charge in [0.05, 0.1) is 0 Å². The smallest absolute Gasteiger partial charge is 0.00930 e. The van der Waals surface area contributed by atoms with E-state index < -0.39 is 0 Å². The van der Waals surface area contributed by atoms with E-state index in [4.69, 9.17) is 5.73 Å². The molecule has 0 saturated carbocycles. The molecule has 1 nitrogen and oxygen atoms in total. The summed E-state index contributed by atoms with van der Waals surface area (Å²) < 4.78 is 0. The molecule has 0 aromatic carbocycles. The van der Waals surface area contributed by atoms with E-state index in [0.717, 1.165) is 11.8 Å². The Balaban J connectivity index is 4.22. The maximum atomic E-state index is 6.34. The predicted octanol–water partition coefficient (Wildman–Crippen LogP) is 4.07. The summed E-state index contributed by atoms with van der Waals surface area (Å²) in [6, 6.07) is 0.369. The summed E-state index contributed by atoms with van der Waals surface area (Å²) in [4.78, 5) is 0. The van der Waals surface area contributed by atoms with Crippen LogP contribution < -0.4 is 5.73 Å². The van der Waals surface area contributed by atoms with Gasteiger partial charge < -0.3 is 5.73 Å². The van der Waals surface area contributed by atoms with Gasteiger partial charge in [-0.2, -0.15) is 0 Å². The molecule has 0 radical (unpaired) electrons. The van der Waals surface area contributed by atoms with Crippen LogP contribution in [0.25, 0.3) is 0 Å². The van der Waals surface area contributed by atoms with E-state index in [-0.39, 0.29) is 0 Å². The van der Waals surface area contributed by atoms with Crippen molar-refractivity contribution in [3.8, 4) is 0 Å². The molecule has 0 aliphatic heterocycles. The second-order valence-corrected chi connectivity index (χ2v) is 5.45. The Morgan fingerprint density at radius 3 is 1.80 bits per heavy atom. The molecule has 15 heavy (non-hydrogen) atoms. The van der Waals surface area contributed by atoms with Crippen molar-refractivity contribution in [3.63, 3.8) is 0 Å². The second kappa shape index (κ2) is 7.27. The minimum Gasteiger partial charge on any atom is -0.327 e. The largest absolute Gasteiger partial charge is 0.327 e. The molecule has 0 fully saturated rings. The molecule has 5 atom stereocenters. The Morgan fingerprint density at radius 2 is 1.40 bits per heavy atom. The topological polar surface area (TPSA) is 26.0 Å². The summed E-state index contributed by atoms with van der Waals surface area (Å²) in [5, 5.41) is 0. The van der Waals surface area contributed by atoms with Crippen molar-refractivity contribution in [2.75, 3.05) is 0 Å². The Kier molecular flexibility index (Phi) is 7.25. The monoisotopic (exact) mass is 213 g/mol. The third-order valence-electron chi connectivity index (χ3n) is 4.38. The molecule has 0 amide bonds. The zero-order chi connectivity index (χ0) is 12.0. The van der Waals surface area contributed by atoms with E-state index in [9.17, 15) is 0 Å². The Hall–Kier alpha value is -0.0400. The lowest BCUT2D eigenvalue weighted by Gasteiger charge is -2.33. The van der Waals surface area contributed by atoms with Crippen molar-refractivity contribution in [1.29, 1.82) is 0 Å². The molecule has 0 bridgehead atoms. The van der Waals surface area contributed by atoms with E-state index in [1.165, 1.54) is 19.3 Å². The van der Waals surface area contributed by atoms with Gasteiger partial charge in [-0.15, -0.1) is 0 Å². The van der Waals surface area contributed by atoms with Crippen molar-refractivity contribution in [2.45, 2.75) is 66.8 Å². The van der Waals surface area contributed by atoms with Gasteiger partial charge in [0.25, 0.3) is 0 Å². The minimum atomic E-state index is 0.369. The molecule has 92 valence electrons. The molecule has 0 aromatic rings. The SMILES string of the molecule is CCCC(C)C(N)C(C)C(C)C(C)CC. The normalized spacial score (nSPS) is 21.8. The maximum Gasteiger partial charge on any atom is 0.00930 e. The van der Waals surface area contributed by atoms with Crippen LogP contribution in [0.4, 0.5) is 0 Å². The summed E-state index contributed by atoms with van der Waals surface area (Å²) in [6.07, 6.45) is 3.78. The van der Waals surface area contributed by atoms with E-state index in [2.05, 4.69) is 41.5 Å². The van der Waals surface area contributed by atoms with Gasteiger partial charge in [-0.3, -0.25) is 0 Å². The van der Waals surface area contributed by atoms with Crippen LogP contribution in [0.3, 0.4) is 0 Å². The zero-order valence-corrected chi connectivity index (χ0v) is 11.6. The molecule has 0 aliphatic rings. The molecule has 5 unspecified atom stereocenters. The lowest BCUT2D eigenvalue weighted by Crippen LogP contribution is -2.39. The van der Waals surface area contributed by atoms with Crippen LogP contribution in [0.2, 0.25) is 0 Å². The molecule has 0 spiro atoms. The van der Waals surface area contributed by atoms with Crippen molar-refractivity contribution in [1.82, 2.24) is 0 Å². The first-order chi connectivity index (χ1) is 6.95. The predicted molar refractivity (Wildman–Crippen MR) is 69.8 cm³/mol. The molecular formula is C14H31N. The number of nitrogens with two attached hydrogens (primary N) is 1. The first kappa shape index (κ1) is 15.0. The van der Waals surface area contributed by atoms with Crippen molar-refractivity contribution >= 4 is 0 Å². The summed E-state index contributed by atoms with van der Waals surface area (Å²) >= 11 is 0. The number of hydrogen-bond acceptors (Lipinski definition) is 1. The number of hydrogen-bond donors (Lipinski definition) is 1. The average molecular weight is 213 g/mol. The lowest BCUT2D eigenvalue weighted by atomic mass is 9.76. The van der Waals surface area contributed by atoms with Gasteiger partial charge in [0.1, 0.15) is 0 Å². The average Bonchev–Trinajstić information content (AvgIpc) is 2.25. The van der Waals surface area contributed by atoms with Crippen molar-refractivity contribution in [2.24, 2.45) is 29.4 Å². The lowest BCUT2D eigenvalue weighted by molar-refractivity contribution is 0.201. The molecule has 2 N–H and O–H groups in total. The molecule has 0 aromatic heterocycles. The summed E-state index contributed by atoms with van der Waals surface area (Å²) in [7, 11) is 0. The first-order valence-electron chi connectivity index (χ1n) is 6.71. The van der Waals surface area contributed by atoms with Gasteiger partial charge in [-0.25, -0.2) is 0 Å².